The highest BCUT2D eigenvalue weighted by Gasteiger charge is 2.34. The molecule has 0 saturated carbocycles. The van der Waals surface area contributed by atoms with Crippen LogP contribution in [0.15, 0.2) is 60.7 Å². The van der Waals surface area contributed by atoms with Crippen molar-refractivity contribution in [1.82, 2.24) is 0 Å². The molecule has 0 spiro atoms. The normalized spacial score (nSPS) is 27.3. The van der Waals surface area contributed by atoms with E-state index in [1.54, 1.807) is 0 Å². The molecule has 0 radical (unpaired) electrons. The third kappa shape index (κ3) is 2.34. The maximum absolute atomic E-state index is 6.14. The van der Waals surface area contributed by atoms with Crippen molar-refractivity contribution in [3.63, 3.8) is 0 Å². The van der Waals surface area contributed by atoms with E-state index in [0.717, 1.165) is 0 Å². The monoisotopic (exact) mass is 256 g/mol. The minimum absolute atomic E-state index is 0.242. The van der Waals surface area contributed by atoms with E-state index >= 15 is 0 Å². The summed E-state index contributed by atoms with van der Waals surface area (Å²) in [6, 6.07) is 21.4. The van der Waals surface area contributed by atoms with Gasteiger partial charge in [0.25, 0.3) is 0 Å². The van der Waals surface area contributed by atoms with E-state index in [4.69, 9.17) is 4.74 Å². The average molecular weight is 256 g/mol. The van der Waals surface area contributed by atoms with Gasteiger partial charge in [-0.2, -0.15) is 0 Å². The first-order chi connectivity index (χ1) is 8.84. The van der Waals surface area contributed by atoms with Crippen LogP contribution in [0.2, 0.25) is 0 Å². The van der Waals surface area contributed by atoms with Gasteiger partial charge in [-0.05, 0) is 25.7 Å². The Balaban J connectivity index is 1.93. The Bertz CT molecular complexity index is 450. The smallest absolute Gasteiger partial charge is 0.106 e. The minimum atomic E-state index is -0.242. The predicted molar refractivity (Wildman–Crippen MR) is 77.6 cm³/mol. The average Bonchev–Trinajstić information content (AvgIpc) is 2.83. The second kappa shape index (κ2) is 5.22. The standard InChI is InChI=1S/C16H17OP/c1-13-12-18(15-10-6-3-7-11-15)16(17-13)14-8-4-2-5-9-14/h2-11,13,16H,12H2,1H3/t13-,16+,18-/m0/s1. The SMILES string of the molecule is C[C@H]1C[P@@](c2ccccc2)[C@H](c2ccccc2)O1. The molecular weight excluding hydrogens is 239 g/mol. The van der Waals surface area contributed by atoms with Gasteiger partial charge in [0.1, 0.15) is 5.85 Å². The summed E-state index contributed by atoms with van der Waals surface area (Å²) < 4.78 is 6.14. The van der Waals surface area contributed by atoms with E-state index in [1.165, 1.54) is 17.0 Å². The van der Waals surface area contributed by atoms with Crippen LogP contribution in [0.4, 0.5) is 0 Å². The van der Waals surface area contributed by atoms with Gasteiger partial charge < -0.3 is 4.74 Å². The summed E-state index contributed by atoms with van der Waals surface area (Å²) in [5, 5.41) is 1.45. The summed E-state index contributed by atoms with van der Waals surface area (Å²) in [7, 11) is -0.242. The lowest BCUT2D eigenvalue weighted by molar-refractivity contribution is 0.0778. The van der Waals surface area contributed by atoms with E-state index < -0.39 is 0 Å². The van der Waals surface area contributed by atoms with Gasteiger partial charge in [0, 0.05) is 6.16 Å². The maximum atomic E-state index is 6.14. The topological polar surface area (TPSA) is 9.23 Å². The number of hydrogen-bond donors (Lipinski definition) is 0. The molecule has 3 rings (SSSR count). The van der Waals surface area contributed by atoms with Crippen LogP contribution in [0.3, 0.4) is 0 Å². The molecule has 2 aromatic carbocycles. The van der Waals surface area contributed by atoms with Crippen molar-refractivity contribution < 1.29 is 4.74 Å². The molecule has 0 amide bonds. The lowest BCUT2D eigenvalue weighted by atomic mass is 10.2. The number of rotatable bonds is 2. The van der Waals surface area contributed by atoms with E-state index in [-0.39, 0.29) is 13.8 Å². The molecule has 2 heteroatoms. The lowest BCUT2D eigenvalue weighted by Gasteiger charge is -2.19. The van der Waals surface area contributed by atoms with Crippen LogP contribution in [0.5, 0.6) is 0 Å². The summed E-state index contributed by atoms with van der Waals surface area (Å²) in [6.45, 7) is 2.18. The van der Waals surface area contributed by atoms with Crippen LogP contribution in [0, 0.1) is 0 Å². The summed E-state index contributed by atoms with van der Waals surface area (Å²) in [6.07, 6.45) is 1.53. The predicted octanol–water partition coefficient (Wildman–Crippen LogP) is 3.91. The zero-order valence-electron chi connectivity index (χ0n) is 10.5. The van der Waals surface area contributed by atoms with Crippen molar-refractivity contribution in [2.75, 3.05) is 6.16 Å². The molecule has 1 nitrogen and oxygen atoms in total. The first kappa shape index (κ1) is 11.9. The molecule has 3 atom stereocenters. The van der Waals surface area contributed by atoms with E-state index in [2.05, 4.69) is 67.6 Å². The van der Waals surface area contributed by atoms with E-state index in [9.17, 15) is 0 Å². The van der Waals surface area contributed by atoms with Crippen molar-refractivity contribution in [2.45, 2.75) is 18.9 Å². The Labute approximate surface area is 110 Å². The van der Waals surface area contributed by atoms with Gasteiger partial charge in [0.15, 0.2) is 0 Å². The van der Waals surface area contributed by atoms with Crippen LogP contribution >= 0.6 is 7.92 Å². The lowest BCUT2D eigenvalue weighted by Crippen LogP contribution is -2.05. The molecule has 1 heterocycles. The maximum Gasteiger partial charge on any atom is 0.106 e. The van der Waals surface area contributed by atoms with E-state index in [1.807, 2.05) is 0 Å². The van der Waals surface area contributed by atoms with Gasteiger partial charge in [-0.1, -0.05) is 60.7 Å². The molecule has 18 heavy (non-hydrogen) atoms. The molecular formula is C16H17OP. The Hall–Kier alpha value is -1.17. The quantitative estimate of drug-likeness (QED) is 0.740. The Morgan fingerprint density at radius 3 is 2.22 bits per heavy atom. The molecule has 0 N–H and O–H groups in total. The Morgan fingerprint density at radius 2 is 1.56 bits per heavy atom. The molecule has 2 aromatic rings. The molecule has 1 aliphatic heterocycles. The van der Waals surface area contributed by atoms with Crippen LogP contribution < -0.4 is 5.30 Å². The molecule has 92 valence electrons. The summed E-state index contributed by atoms with van der Waals surface area (Å²) in [5.41, 5.74) is 1.32. The van der Waals surface area contributed by atoms with Crippen LogP contribution in [-0.2, 0) is 4.74 Å². The van der Waals surface area contributed by atoms with Gasteiger partial charge in [0.2, 0.25) is 0 Å². The fraction of sp³-hybridized carbons (Fsp3) is 0.250. The second-order valence-corrected chi connectivity index (χ2v) is 6.99. The summed E-state index contributed by atoms with van der Waals surface area (Å²) in [5.74, 6) is 0.263. The Kier molecular flexibility index (Phi) is 3.45. The fourth-order valence-electron chi connectivity index (χ4n) is 2.45. The molecule has 0 aliphatic carbocycles. The molecule has 0 unspecified atom stereocenters. The van der Waals surface area contributed by atoms with Gasteiger partial charge in [-0.3, -0.25) is 0 Å². The van der Waals surface area contributed by atoms with Gasteiger partial charge in [-0.25, -0.2) is 0 Å². The number of benzene rings is 2. The zero-order chi connectivity index (χ0) is 12.4. The van der Waals surface area contributed by atoms with Crippen molar-refractivity contribution in [2.24, 2.45) is 0 Å². The highest BCUT2D eigenvalue weighted by molar-refractivity contribution is 7.66. The molecule has 0 bridgehead atoms. The highest BCUT2D eigenvalue weighted by atomic mass is 31.1. The zero-order valence-corrected chi connectivity index (χ0v) is 11.4. The van der Waals surface area contributed by atoms with Gasteiger partial charge >= 0.3 is 0 Å². The molecule has 0 aromatic heterocycles. The number of hydrogen-bond acceptors (Lipinski definition) is 1. The van der Waals surface area contributed by atoms with Crippen LogP contribution in [0.25, 0.3) is 0 Å². The van der Waals surface area contributed by atoms with Crippen molar-refractivity contribution >= 4 is 13.2 Å². The highest BCUT2D eigenvalue weighted by Crippen LogP contribution is 2.56. The summed E-state index contributed by atoms with van der Waals surface area (Å²) >= 11 is 0. The summed E-state index contributed by atoms with van der Waals surface area (Å²) in [4.78, 5) is 0. The minimum Gasteiger partial charge on any atom is -0.365 e. The van der Waals surface area contributed by atoms with Crippen molar-refractivity contribution in [3.8, 4) is 0 Å². The first-order valence-electron chi connectivity index (χ1n) is 6.37. The fourth-order valence-corrected chi connectivity index (χ4v) is 5.20. The van der Waals surface area contributed by atoms with E-state index in [0.29, 0.717) is 6.10 Å². The molecule has 1 fully saturated rings. The Morgan fingerprint density at radius 1 is 0.944 bits per heavy atom. The largest absolute Gasteiger partial charge is 0.365 e. The van der Waals surface area contributed by atoms with Crippen molar-refractivity contribution in [1.29, 1.82) is 0 Å². The second-order valence-electron chi connectivity index (χ2n) is 4.70. The van der Waals surface area contributed by atoms with Crippen molar-refractivity contribution in [3.05, 3.63) is 66.2 Å². The van der Waals surface area contributed by atoms with Crippen LogP contribution in [-0.4, -0.2) is 12.3 Å². The third-order valence-corrected chi connectivity index (χ3v) is 6.13. The van der Waals surface area contributed by atoms with Gasteiger partial charge in [-0.15, -0.1) is 0 Å². The molecule has 1 saturated heterocycles. The first-order valence-corrected chi connectivity index (χ1v) is 7.96. The van der Waals surface area contributed by atoms with Gasteiger partial charge in [0.05, 0.1) is 6.10 Å². The molecule has 1 aliphatic rings. The number of ether oxygens (including phenoxy) is 1. The van der Waals surface area contributed by atoms with Crippen LogP contribution in [0.1, 0.15) is 18.3 Å². The third-order valence-electron chi connectivity index (χ3n) is 3.27.